The Morgan fingerprint density at radius 1 is 1.43 bits per heavy atom. The smallest absolute Gasteiger partial charge is 0.0731 e. The van der Waals surface area contributed by atoms with Crippen LogP contribution in [-0.4, -0.2) is 17.3 Å². The standard InChI is InChI=1S/C11H16ClNO/c1-2-10(13)11(14)7-8-5-3-4-6-9(8)12/h3-6,10-11,14H,2,7,13H2,1H3. The molecule has 0 saturated heterocycles. The van der Waals surface area contributed by atoms with Crippen molar-refractivity contribution in [3.05, 3.63) is 34.9 Å². The van der Waals surface area contributed by atoms with E-state index in [1.54, 1.807) is 0 Å². The maximum Gasteiger partial charge on any atom is 0.0731 e. The van der Waals surface area contributed by atoms with Gasteiger partial charge in [-0.1, -0.05) is 36.7 Å². The predicted octanol–water partition coefficient (Wildman–Crippen LogP) is 1.98. The summed E-state index contributed by atoms with van der Waals surface area (Å²) in [5.74, 6) is 0. The molecule has 0 aromatic heterocycles. The van der Waals surface area contributed by atoms with Crippen LogP contribution in [-0.2, 0) is 6.42 Å². The van der Waals surface area contributed by atoms with Crippen molar-refractivity contribution < 1.29 is 5.11 Å². The number of hydrogen-bond acceptors (Lipinski definition) is 2. The molecule has 3 heteroatoms. The summed E-state index contributed by atoms with van der Waals surface area (Å²) in [4.78, 5) is 0. The van der Waals surface area contributed by atoms with E-state index >= 15 is 0 Å². The SMILES string of the molecule is CCC(N)C(O)Cc1ccccc1Cl. The van der Waals surface area contributed by atoms with E-state index in [4.69, 9.17) is 17.3 Å². The molecule has 0 aliphatic heterocycles. The normalized spacial score (nSPS) is 15.1. The Kier molecular flexibility index (Phi) is 4.39. The van der Waals surface area contributed by atoms with E-state index < -0.39 is 6.10 Å². The highest BCUT2D eigenvalue weighted by molar-refractivity contribution is 6.31. The average molecular weight is 214 g/mol. The number of benzene rings is 1. The lowest BCUT2D eigenvalue weighted by Gasteiger charge is -2.17. The first-order valence-corrected chi connectivity index (χ1v) is 5.20. The van der Waals surface area contributed by atoms with Crippen LogP contribution in [0.1, 0.15) is 18.9 Å². The lowest BCUT2D eigenvalue weighted by Crippen LogP contribution is -2.35. The molecule has 0 radical (unpaired) electrons. The molecule has 0 heterocycles. The van der Waals surface area contributed by atoms with E-state index in [1.807, 2.05) is 31.2 Å². The molecule has 1 aromatic rings. The van der Waals surface area contributed by atoms with Gasteiger partial charge in [-0.05, 0) is 18.1 Å². The fraction of sp³-hybridized carbons (Fsp3) is 0.455. The molecule has 0 saturated carbocycles. The number of nitrogens with two attached hydrogens (primary N) is 1. The molecule has 0 bridgehead atoms. The second-order valence-electron chi connectivity index (χ2n) is 3.43. The van der Waals surface area contributed by atoms with Crippen LogP contribution in [0.2, 0.25) is 5.02 Å². The third kappa shape index (κ3) is 2.98. The zero-order valence-corrected chi connectivity index (χ0v) is 9.04. The minimum atomic E-state index is -0.514. The van der Waals surface area contributed by atoms with Gasteiger partial charge in [0.2, 0.25) is 0 Å². The summed E-state index contributed by atoms with van der Waals surface area (Å²) in [6.07, 6.45) is 0.778. The van der Waals surface area contributed by atoms with E-state index in [9.17, 15) is 5.11 Å². The van der Waals surface area contributed by atoms with E-state index in [0.717, 1.165) is 12.0 Å². The van der Waals surface area contributed by atoms with Crippen molar-refractivity contribution in [2.45, 2.75) is 31.9 Å². The molecule has 0 spiro atoms. The fourth-order valence-corrected chi connectivity index (χ4v) is 1.53. The van der Waals surface area contributed by atoms with E-state index in [0.29, 0.717) is 11.4 Å². The monoisotopic (exact) mass is 213 g/mol. The first kappa shape index (κ1) is 11.5. The lowest BCUT2D eigenvalue weighted by atomic mass is 10.0. The maximum absolute atomic E-state index is 9.71. The summed E-state index contributed by atoms with van der Waals surface area (Å²) in [5.41, 5.74) is 6.67. The van der Waals surface area contributed by atoms with Crippen molar-refractivity contribution in [2.75, 3.05) is 0 Å². The van der Waals surface area contributed by atoms with Crippen LogP contribution in [0.3, 0.4) is 0 Å². The van der Waals surface area contributed by atoms with Crippen LogP contribution < -0.4 is 5.73 Å². The summed E-state index contributed by atoms with van der Waals surface area (Å²) in [6, 6.07) is 7.34. The van der Waals surface area contributed by atoms with Gasteiger partial charge in [0, 0.05) is 17.5 Å². The van der Waals surface area contributed by atoms with Gasteiger partial charge in [0.1, 0.15) is 0 Å². The predicted molar refractivity (Wildman–Crippen MR) is 59.4 cm³/mol. The molecule has 14 heavy (non-hydrogen) atoms. The van der Waals surface area contributed by atoms with Crippen LogP contribution >= 0.6 is 11.6 Å². The summed E-state index contributed by atoms with van der Waals surface area (Å²) < 4.78 is 0. The summed E-state index contributed by atoms with van der Waals surface area (Å²) in [7, 11) is 0. The van der Waals surface area contributed by atoms with Crippen molar-refractivity contribution in [2.24, 2.45) is 5.73 Å². The van der Waals surface area contributed by atoms with Crippen LogP contribution in [0.4, 0.5) is 0 Å². The molecule has 0 aliphatic rings. The molecule has 78 valence electrons. The van der Waals surface area contributed by atoms with Crippen molar-refractivity contribution in [1.29, 1.82) is 0 Å². The van der Waals surface area contributed by atoms with Crippen molar-refractivity contribution in [3.8, 4) is 0 Å². The number of aliphatic hydroxyl groups is 1. The Morgan fingerprint density at radius 3 is 2.64 bits per heavy atom. The van der Waals surface area contributed by atoms with Gasteiger partial charge in [0.15, 0.2) is 0 Å². The molecule has 2 unspecified atom stereocenters. The average Bonchev–Trinajstić information content (AvgIpc) is 2.20. The Hall–Kier alpha value is -0.570. The van der Waals surface area contributed by atoms with Crippen LogP contribution in [0.25, 0.3) is 0 Å². The zero-order chi connectivity index (χ0) is 10.6. The Morgan fingerprint density at radius 2 is 2.07 bits per heavy atom. The maximum atomic E-state index is 9.71. The van der Waals surface area contributed by atoms with Gasteiger partial charge in [-0.2, -0.15) is 0 Å². The lowest BCUT2D eigenvalue weighted by molar-refractivity contribution is 0.142. The molecule has 0 fully saturated rings. The van der Waals surface area contributed by atoms with E-state index in [2.05, 4.69) is 0 Å². The second kappa shape index (κ2) is 5.35. The molecule has 0 amide bonds. The molecular weight excluding hydrogens is 198 g/mol. The third-order valence-electron chi connectivity index (χ3n) is 2.35. The third-order valence-corrected chi connectivity index (χ3v) is 2.72. The summed E-state index contributed by atoms with van der Waals surface area (Å²) in [6.45, 7) is 1.96. The van der Waals surface area contributed by atoms with E-state index in [-0.39, 0.29) is 6.04 Å². The minimum absolute atomic E-state index is 0.175. The number of hydrogen-bond donors (Lipinski definition) is 2. The van der Waals surface area contributed by atoms with Crippen molar-refractivity contribution in [3.63, 3.8) is 0 Å². The highest BCUT2D eigenvalue weighted by atomic mass is 35.5. The highest BCUT2D eigenvalue weighted by Gasteiger charge is 2.14. The minimum Gasteiger partial charge on any atom is -0.391 e. The Balaban J connectivity index is 2.64. The largest absolute Gasteiger partial charge is 0.391 e. The van der Waals surface area contributed by atoms with Gasteiger partial charge in [-0.3, -0.25) is 0 Å². The zero-order valence-electron chi connectivity index (χ0n) is 8.28. The molecule has 3 N–H and O–H groups in total. The molecule has 2 nitrogen and oxygen atoms in total. The Labute approximate surface area is 89.7 Å². The van der Waals surface area contributed by atoms with Gasteiger partial charge in [0.25, 0.3) is 0 Å². The first-order chi connectivity index (χ1) is 6.65. The Bertz CT molecular complexity index is 290. The molecular formula is C11H16ClNO. The van der Waals surface area contributed by atoms with Gasteiger partial charge in [-0.25, -0.2) is 0 Å². The highest BCUT2D eigenvalue weighted by Crippen LogP contribution is 2.17. The van der Waals surface area contributed by atoms with Crippen LogP contribution in [0.5, 0.6) is 0 Å². The van der Waals surface area contributed by atoms with Crippen molar-refractivity contribution in [1.82, 2.24) is 0 Å². The topological polar surface area (TPSA) is 46.2 Å². The van der Waals surface area contributed by atoms with E-state index in [1.165, 1.54) is 0 Å². The molecule has 2 atom stereocenters. The number of halogens is 1. The molecule has 1 rings (SSSR count). The first-order valence-electron chi connectivity index (χ1n) is 4.82. The summed E-state index contributed by atoms with van der Waals surface area (Å²) in [5, 5.41) is 10.4. The molecule has 0 aliphatic carbocycles. The summed E-state index contributed by atoms with van der Waals surface area (Å²) >= 11 is 5.96. The number of rotatable bonds is 4. The van der Waals surface area contributed by atoms with Gasteiger partial charge < -0.3 is 10.8 Å². The van der Waals surface area contributed by atoms with Crippen LogP contribution in [0.15, 0.2) is 24.3 Å². The molecule has 1 aromatic carbocycles. The number of aliphatic hydroxyl groups excluding tert-OH is 1. The van der Waals surface area contributed by atoms with Crippen molar-refractivity contribution >= 4 is 11.6 Å². The quantitative estimate of drug-likeness (QED) is 0.804. The van der Waals surface area contributed by atoms with Crippen LogP contribution in [0, 0.1) is 0 Å². The second-order valence-corrected chi connectivity index (χ2v) is 3.84. The fourth-order valence-electron chi connectivity index (χ4n) is 1.31. The van der Waals surface area contributed by atoms with Gasteiger partial charge in [-0.15, -0.1) is 0 Å². The van der Waals surface area contributed by atoms with Gasteiger partial charge >= 0.3 is 0 Å². The van der Waals surface area contributed by atoms with Gasteiger partial charge in [0.05, 0.1) is 6.10 Å².